The maximum atomic E-state index is 5.71. The highest BCUT2D eigenvalue weighted by molar-refractivity contribution is 5.28. The number of hydrogen-bond donors (Lipinski definition) is 1. The average Bonchev–Trinajstić information content (AvgIpc) is 2.40. The molecule has 19 heavy (non-hydrogen) atoms. The van der Waals surface area contributed by atoms with Gasteiger partial charge in [-0.2, -0.15) is 0 Å². The van der Waals surface area contributed by atoms with Crippen molar-refractivity contribution >= 4 is 0 Å². The molecule has 1 aliphatic heterocycles. The summed E-state index contributed by atoms with van der Waals surface area (Å²) in [5, 5.41) is 3.54. The summed E-state index contributed by atoms with van der Waals surface area (Å²) < 4.78 is 11.1. The Kier molecular flexibility index (Phi) is 5.67. The lowest BCUT2D eigenvalue weighted by Crippen LogP contribution is -2.27. The van der Waals surface area contributed by atoms with Crippen molar-refractivity contribution in [2.45, 2.75) is 39.3 Å². The highest BCUT2D eigenvalue weighted by Gasteiger charge is 2.12. The third-order valence-corrected chi connectivity index (χ3v) is 3.37. The average molecular weight is 263 g/mol. The Hall–Kier alpha value is -1.06. The Morgan fingerprint density at radius 1 is 1.32 bits per heavy atom. The predicted octanol–water partition coefficient (Wildman–Crippen LogP) is 2.99. The van der Waals surface area contributed by atoms with Gasteiger partial charge in [0, 0.05) is 19.8 Å². The largest absolute Gasteiger partial charge is 0.491 e. The van der Waals surface area contributed by atoms with Crippen LogP contribution in [0.2, 0.25) is 0 Å². The van der Waals surface area contributed by atoms with Crippen LogP contribution in [0.5, 0.6) is 5.75 Å². The Balaban J connectivity index is 1.75. The maximum absolute atomic E-state index is 5.71. The molecule has 0 unspecified atom stereocenters. The Bertz CT molecular complexity index is 373. The Morgan fingerprint density at radius 2 is 2.11 bits per heavy atom. The zero-order valence-electron chi connectivity index (χ0n) is 12.0. The smallest absolute Gasteiger partial charge is 0.120 e. The van der Waals surface area contributed by atoms with Crippen molar-refractivity contribution < 1.29 is 9.47 Å². The zero-order chi connectivity index (χ0) is 13.5. The van der Waals surface area contributed by atoms with E-state index >= 15 is 0 Å². The van der Waals surface area contributed by atoms with Gasteiger partial charge in [-0.1, -0.05) is 12.1 Å². The van der Waals surface area contributed by atoms with Crippen molar-refractivity contribution in [2.75, 3.05) is 19.8 Å². The number of hydrogen-bond acceptors (Lipinski definition) is 3. The fourth-order valence-electron chi connectivity index (χ4n) is 2.37. The monoisotopic (exact) mass is 263 g/mol. The molecular formula is C16H25NO2. The van der Waals surface area contributed by atoms with Crippen LogP contribution >= 0.6 is 0 Å². The van der Waals surface area contributed by atoms with Gasteiger partial charge in [-0.15, -0.1) is 0 Å². The minimum Gasteiger partial charge on any atom is -0.491 e. The fraction of sp³-hybridized carbons (Fsp3) is 0.625. The Labute approximate surface area is 116 Å². The lowest BCUT2D eigenvalue weighted by molar-refractivity contribution is 0.0662. The minimum absolute atomic E-state index is 0.227. The summed E-state index contributed by atoms with van der Waals surface area (Å²) in [4.78, 5) is 0. The van der Waals surface area contributed by atoms with Gasteiger partial charge in [0.2, 0.25) is 0 Å². The first-order chi connectivity index (χ1) is 9.24. The second kappa shape index (κ2) is 7.51. The van der Waals surface area contributed by atoms with Gasteiger partial charge < -0.3 is 14.8 Å². The maximum Gasteiger partial charge on any atom is 0.120 e. The summed E-state index contributed by atoms with van der Waals surface area (Å²) in [7, 11) is 0. The highest BCUT2D eigenvalue weighted by Crippen LogP contribution is 2.16. The first kappa shape index (κ1) is 14.4. The predicted molar refractivity (Wildman–Crippen MR) is 77.5 cm³/mol. The third-order valence-electron chi connectivity index (χ3n) is 3.37. The molecule has 1 fully saturated rings. The normalized spacial score (nSPS) is 16.8. The van der Waals surface area contributed by atoms with Gasteiger partial charge in [0.15, 0.2) is 0 Å². The van der Waals surface area contributed by atoms with Crippen molar-refractivity contribution in [3.8, 4) is 5.75 Å². The molecule has 1 heterocycles. The number of rotatable bonds is 6. The van der Waals surface area contributed by atoms with E-state index in [0.29, 0.717) is 0 Å². The molecule has 1 aromatic carbocycles. The molecule has 2 rings (SSSR count). The van der Waals surface area contributed by atoms with Crippen LogP contribution < -0.4 is 10.1 Å². The summed E-state index contributed by atoms with van der Waals surface area (Å²) in [5.74, 6) is 1.73. The third kappa shape index (κ3) is 5.21. The fourth-order valence-corrected chi connectivity index (χ4v) is 2.37. The van der Waals surface area contributed by atoms with E-state index in [1.807, 2.05) is 6.07 Å². The summed E-state index contributed by atoms with van der Waals surface area (Å²) in [6, 6.07) is 8.34. The second-order valence-corrected chi connectivity index (χ2v) is 5.50. The molecule has 0 amide bonds. The van der Waals surface area contributed by atoms with Gasteiger partial charge in [-0.05, 0) is 56.8 Å². The summed E-state index contributed by atoms with van der Waals surface area (Å²) in [6.07, 6.45) is 2.60. The molecule has 106 valence electrons. The summed E-state index contributed by atoms with van der Waals surface area (Å²) >= 11 is 0. The van der Waals surface area contributed by atoms with E-state index in [0.717, 1.165) is 38.0 Å². The second-order valence-electron chi connectivity index (χ2n) is 5.50. The number of nitrogens with one attached hydrogen (secondary N) is 1. The molecule has 1 N–H and O–H groups in total. The van der Waals surface area contributed by atoms with Gasteiger partial charge in [-0.3, -0.25) is 0 Å². The molecule has 1 aliphatic rings. The highest BCUT2D eigenvalue weighted by atomic mass is 16.5. The van der Waals surface area contributed by atoms with E-state index in [2.05, 4.69) is 37.4 Å². The van der Waals surface area contributed by atoms with E-state index in [1.54, 1.807) is 0 Å². The Morgan fingerprint density at radius 3 is 2.84 bits per heavy atom. The molecule has 0 aromatic heterocycles. The van der Waals surface area contributed by atoms with E-state index < -0.39 is 0 Å². The summed E-state index contributed by atoms with van der Waals surface area (Å²) in [6.45, 7) is 7.94. The van der Waals surface area contributed by atoms with Crippen LogP contribution in [-0.4, -0.2) is 25.9 Å². The summed E-state index contributed by atoms with van der Waals surface area (Å²) in [5.41, 5.74) is 1.28. The molecule has 1 aromatic rings. The molecule has 1 saturated heterocycles. The standard InChI is InChI=1S/C16H25NO2/c1-13(2)19-16-5-3-4-15(10-16)12-17-11-14-6-8-18-9-7-14/h3-5,10,13-14,17H,6-9,11-12H2,1-2H3. The van der Waals surface area contributed by atoms with Crippen molar-refractivity contribution in [1.82, 2.24) is 5.32 Å². The van der Waals surface area contributed by atoms with Crippen LogP contribution in [0, 0.1) is 5.92 Å². The van der Waals surface area contributed by atoms with E-state index in [-0.39, 0.29) is 6.10 Å². The van der Waals surface area contributed by atoms with Crippen molar-refractivity contribution in [3.63, 3.8) is 0 Å². The van der Waals surface area contributed by atoms with Gasteiger partial charge in [-0.25, -0.2) is 0 Å². The minimum atomic E-state index is 0.227. The molecule has 0 saturated carbocycles. The van der Waals surface area contributed by atoms with Crippen LogP contribution in [0.4, 0.5) is 0 Å². The lowest BCUT2D eigenvalue weighted by atomic mass is 10.0. The lowest BCUT2D eigenvalue weighted by Gasteiger charge is -2.22. The van der Waals surface area contributed by atoms with Crippen LogP contribution in [0.15, 0.2) is 24.3 Å². The van der Waals surface area contributed by atoms with Crippen molar-refractivity contribution in [1.29, 1.82) is 0 Å². The molecule has 0 aliphatic carbocycles. The van der Waals surface area contributed by atoms with E-state index in [9.17, 15) is 0 Å². The van der Waals surface area contributed by atoms with Crippen LogP contribution in [-0.2, 0) is 11.3 Å². The van der Waals surface area contributed by atoms with Gasteiger partial charge in [0.05, 0.1) is 6.10 Å². The molecule has 0 radical (unpaired) electrons. The van der Waals surface area contributed by atoms with Gasteiger partial charge in [0.1, 0.15) is 5.75 Å². The zero-order valence-corrected chi connectivity index (χ0v) is 12.0. The first-order valence-electron chi connectivity index (χ1n) is 7.28. The molecular weight excluding hydrogens is 238 g/mol. The first-order valence-corrected chi connectivity index (χ1v) is 7.28. The van der Waals surface area contributed by atoms with Crippen LogP contribution in [0.25, 0.3) is 0 Å². The molecule has 0 bridgehead atoms. The number of benzene rings is 1. The topological polar surface area (TPSA) is 30.5 Å². The van der Waals surface area contributed by atoms with E-state index in [1.165, 1.54) is 18.4 Å². The van der Waals surface area contributed by atoms with Gasteiger partial charge >= 0.3 is 0 Å². The van der Waals surface area contributed by atoms with Crippen molar-refractivity contribution in [2.24, 2.45) is 5.92 Å². The van der Waals surface area contributed by atoms with E-state index in [4.69, 9.17) is 9.47 Å². The SMILES string of the molecule is CC(C)Oc1cccc(CNCC2CCOCC2)c1. The molecule has 0 spiro atoms. The quantitative estimate of drug-likeness (QED) is 0.856. The molecule has 3 heteroatoms. The molecule has 0 atom stereocenters. The molecule has 3 nitrogen and oxygen atoms in total. The number of ether oxygens (including phenoxy) is 2. The van der Waals surface area contributed by atoms with Crippen LogP contribution in [0.3, 0.4) is 0 Å². The van der Waals surface area contributed by atoms with Gasteiger partial charge in [0.25, 0.3) is 0 Å². The van der Waals surface area contributed by atoms with Crippen LogP contribution in [0.1, 0.15) is 32.3 Å². The van der Waals surface area contributed by atoms with Crippen molar-refractivity contribution in [3.05, 3.63) is 29.8 Å².